The third-order valence-electron chi connectivity index (χ3n) is 4.34. The molecule has 0 radical (unpaired) electrons. The average Bonchev–Trinajstić information content (AvgIpc) is 2.99. The van der Waals surface area contributed by atoms with Crippen LogP contribution in [-0.2, 0) is 10.0 Å². The first-order chi connectivity index (χ1) is 10.6. The van der Waals surface area contributed by atoms with Crippen LogP contribution in [-0.4, -0.2) is 32.2 Å². The normalized spacial score (nSPS) is 22.8. The number of aromatic nitrogens is 1. The van der Waals surface area contributed by atoms with Gasteiger partial charge in [0.2, 0.25) is 10.0 Å². The van der Waals surface area contributed by atoms with Crippen molar-refractivity contribution < 1.29 is 8.42 Å². The monoisotopic (exact) mass is 339 g/mol. The van der Waals surface area contributed by atoms with Crippen LogP contribution in [0.25, 0.3) is 10.2 Å². The number of thiophene rings is 1. The molecule has 0 aromatic carbocycles. The highest BCUT2D eigenvalue weighted by atomic mass is 32.2. The smallest absolute Gasteiger partial charge is 0.211 e. The zero-order valence-corrected chi connectivity index (χ0v) is 14.2. The van der Waals surface area contributed by atoms with E-state index < -0.39 is 10.0 Å². The van der Waals surface area contributed by atoms with Crippen molar-refractivity contribution in [3.8, 4) is 0 Å². The molecular formula is C15H21N3O2S2. The maximum Gasteiger partial charge on any atom is 0.211 e. The Morgan fingerprint density at radius 3 is 2.77 bits per heavy atom. The van der Waals surface area contributed by atoms with Crippen LogP contribution in [0.3, 0.4) is 0 Å². The van der Waals surface area contributed by atoms with Crippen LogP contribution in [0.15, 0.2) is 23.7 Å². The van der Waals surface area contributed by atoms with Crippen molar-refractivity contribution >= 4 is 37.3 Å². The molecule has 1 aliphatic carbocycles. The summed E-state index contributed by atoms with van der Waals surface area (Å²) in [4.78, 5) is 5.42. The van der Waals surface area contributed by atoms with Gasteiger partial charge in [0.05, 0.1) is 5.75 Å². The molecule has 1 aliphatic rings. The van der Waals surface area contributed by atoms with Gasteiger partial charge in [-0.15, -0.1) is 11.3 Å². The van der Waals surface area contributed by atoms with Crippen LogP contribution in [0.4, 0.5) is 5.69 Å². The Balaban J connectivity index is 1.59. The molecule has 0 saturated heterocycles. The predicted molar refractivity (Wildman–Crippen MR) is 91.8 cm³/mol. The molecule has 0 unspecified atom stereocenters. The molecule has 0 bridgehead atoms. The third kappa shape index (κ3) is 3.59. The number of hydrogen-bond donors (Lipinski definition) is 2. The molecule has 2 aromatic rings. The second kappa shape index (κ2) is 6.52. The van der Waals surface area contributed by atoms with Gasteiger partial charge in [0.25, 0.3) is 0 Å². The van der Waals surface area contributed by atoms with E-state index in [0.717, 1.165) is 36.2 Å². The molecule has 0 aliphatic heterocycles. The lowest BCUT2D eigenvalue weighted by Gasteiger charge is -2.29. The van der Waals surface area contributed by atoms with Crippen molar-refractivity contribution in [2.75, 3.05) is 18.1 Å². The Labute approximate surface area is 135 Å². The van der Waals surface area contributed by atoms with Gasteiger partial charge < -0.3 is 5.32 Å². The molecule has 0 atom stereocenters. The summed E-state index contributed by atoms with van der Waals surface area (Å²) in [5.41, 5.74) is 1.14. The largest absolute Gasteiger partial charge is 0.382 e. The molecule has 2 heterocycles. The molecule has 0 spiro atoms. The molecule has 1 fully saturated rings. The van der Waals surface area contributed by atoms with E-state index in [1.165, 1.54) is 12.4 Å². The van der Waals surface area contributed by atoms with Gasteiger partial charge >= 0.3 is 0 Å². The van der Waals surface area contributed by atoms with Crippen molar-refractivity contribution in [2.45, 2.75) is 31.7 Å². The fourth-order valence-corrected chi connectivity index (χ4v) is 4.97. The fourth-order valence-electron chi connectivity index (χ4n) is 3.09. The van der Waals surface area contributed by atoms with E-state index in [1.54, 1.807) is 11.3 Å². The standard InChI is InChI=1S/C15H21N3O2S2/c1-16-22(19,20)10-11-2-4-12(5-3-11)18-14-6-8-17-15-13(14)7-9-21-15/h6-9,11-12,16H,2-5,10H2,1H3,(H,17,18). The van der Waals surface area contributed by atoms with E-state index in [4.69, 9.17) is 0 Å². The van der Waals surface area contributed by atoms with Crippen LogP contribution in [0.1, 0.15) is 25.7 Å². The Hall–Kier alpha value is -1.18. The van der Waals surface area contributed by atoms with E-state index in [-0.39, 0.29) is 11.7 Å². The zero-order valence-electron chi connectivity index (χ0n) is 12.6. The minimum Gasteiger partial charge on any atom is -0.382 e. The zero-order chi connectivity index (χ0) is 15.6. The number of rotatable bonds is 5. The van der Waals surface area contributed by atoms with Gasteiger partial charge in [0.15, 0.2) is 0 Å². The lowest BCUT2D eigenvalue weighted by molar-refractivity contribution is 0.361. The molecule has 3 rings (SSSR count). The van der Waals surface area contributed by atoms with Gasteiger partial charge in [-0.1, -0.05) is 0 Å². The van der Waals surface area contributed by atoms with E-state index in [9.17, 15) is 8.42 Å². The maximum atomic E-state index is 11.6. The van der Waals surface area contributed by atoms with Crippen LogP contribution in [0.2, 0.25) is 0 Å². The minimum absolute atomic E-state index is 0.250. The number of sulfonamides is 1. The number of anilines is 1. The van der Waals surface area contributed by atoms with Gasteiger partial charge in [-0.2, -0.15) is 0 Å². The van der Waals surface area contributed by atoms with Gasteiger partial charge in [-0.05, 0) is 56.2 Å². The van der Waals surface area contributed by atoms with E-state index in [0.29, 0.717) is 6.04 Å². The second-order valence-electron chi connectivity index (χ2n) is 5.85. The number of nitrogens with zero attached hydrogens (tertiary/aromatic N) is 1. The quantitative estimate of drug-likeness (QED) is 0.879. The van der Waals surface area contributed by atoms with Crippen molar-refractivity contribution in [3.63, 3.8) is 0 Å². The summed E-state index contributed by atoms with van der Waals surface area (Å²) >= 11 is 1.65. The Bertz CT molecular complexity index is 734. The summed E-state index contributed by atoms with van der Waals surface area (Å²) in [6.45, 7) is 0. The molecule has 22 heavy (non-hydrogen) atoms. The van der Waals surface area contributed by atoms with Gasteiger partial charge in [-0.25, -0.2) is 18.1 Å². The third-order valence-corrected chi connectivity index (χ3v) is 6.69. The summed E-state index contributed by atoms with van der Waals surface area (Å²) in [5, 5.41) is 6.84. The highest BCUT2D eigenvalue weighted by Crippen LogP contribution is 2.31. The molecule has 7 heteroatoms. The van der Waals surface area contributed by atoms with Crippen molar-refractivity contribution in [3.05, 3.63) is 23.7 Å². The van der Waals surface area contributed by atoms with Crippen molar-refractivity contribution in [1.82, 2.24) is 9.71 Å². The number of hydrogen-bond acceptors (Lipinski definition) is 5. The maximum absolute atomic E-state index is 11.6. The van der Waals surface area contributed by atoms with E-state index in [2.05, 4.69) is 26.5 Å². The lowest BCUT2D eigenvalue weighted by Crippen LogP contribution is -2.32. The number of pyridine rings is 1. The summed E-state index contributed by atoms with van der Waals surface area (Å²) in [6.07, 6.45) is 5.77. The highest BCUT2D eigenvalue weighted by Gasteiger charge is 2.25. The van der Waals surface area contributed by atoms with Crippen LogP contribution in [0.5, 0.6) is 0 Å². The molecule has 0 amide bonds. The SMILES string of the molecule is CNS(=O)(=O)CC1CCC(Nc2ccnc3sccc23)CC1. The minimum atomic E-state index is -3.09. The molecule has 1 saturated carbocycles. The summed E-state index contributed by atoms with van der Waals surface area (Å²) in [5.74, 6) is 0.523. The fraction of sp³-hybridized carbons (Fsp3) is 0.533. The molecule has 2 N–H and O–H groups in total. The molecule has 5 nitrogen and oxygen atoms in total. The molecule has 120 valence electrons. The van der Waals surface area contributed by atoms with Gasteiger partial charge in [-0.3, -0.25) is 0 Å². The number of nitrogens with one attached hydrogen (secondary N) is 2. The van der Waals surface area contributed by atoms with Crippen LogP contribution in [0, 0.1) is 5.92 Å². The predicted octanol–water partition coefficient (Wildman–Crippen LogP) is 2.82. The first-order valence-corrected chi connectivity index (χ1v) is 10.1. The summed E-state index contributed by atoms with van der Waals surface area (Å²) < 4.78 is 25.7. The van der Waals surface area contributed by atoms with Crippen LogP contribution < -0.4 is 10.0 Å². The molecular weight excluding hydrogens is 318 g/mol. The Morgan fingerprint density at radius 1 is 1.27 bits per heavy atom. The Kier molecular flexibility index (Phi) is 4.65. The van der Waals surface area contributed by atoms with Gasteiger partial charge in [0.1, 0.15) is 4.83 Å². The topological polar surface area (TPSA) is 71.1 Å². The first kappa shape index (κ1) is 15.7. The van der Waals surface area contributed by atoms with Crippen molar-refractivity contribution in [2.24, 2.45) is 5.92 Å². The average molecular weight is 339 g/mol. The van der Waals surface area contributed by atoms with Crippen LogP contribution >= 0.6 is 11.3 Å². The second-order valence-corrected chi connectivity index (χ2v) is 8.71. The highest BCUT2D eigenvalue weighted by molar-refractivity contribution is 7.89. The van der Waals surface area contributed by atoms with E-state index >= 15 is 0 Å². The Morgan fingerprint density at radius 2 is 2.05 bits per heavy atom. The summed E-state index contributed by atoms with van der Waals surface area (Å²) in [6, 6.07) is 4.53. The lowest BCUT2D eigenvalue weighted by atomic mass is 9.87. The molecule has 2 aromatic heterocycles. The van der Waals surface area contributed by atoms with Crippen molar-refractivity contribution in [1.29, 1.82) is 0 Å². The summed E-state index contributed by atoms with van der Waals surface area (Å²) in [7, 11) is -1.61. The number of fused-ring (bicyclic) bond motifs is 1. The van der Waals surface area contributed by atoms with E-state index in [1.807, 2.05) is 12.3 Å². The van der Waals surface area contributed by atoms with Gasteiger partial charge in [0, 0.05) is 23.3 Å². The first-order valence-electron chi connectivity index (χ1n) is 7.57.